The smallest absolute Gasteiger partial charge is 0.351 e. The molecule has 2 heterocycles. The maximum Gasteiger partial charge on any atom is 0.353 e. The van der Waals surface area contributed by atoms with Crippen molar-refractivity contribution >= 4 is 23.0 Å². The summed E-state index contributed by atoms with van der Waals surface area (Å²) in [6.45, 7) is 5.77. The monoisotopic (exact) mass is 355 g/mol. The van der Waals surface area contributed by atoms with Gasteiger partial charge in [-0.15, -0.1) is 0 Å². The van der Waals surface area contributed by atoms with Crippen LogP contribution in [-0.2, 0) is 0 Å². The molecule has 0 radical (unpaired) electrons. The number of piperidine rings is 1. The van der Waals surface area contributed by atoms with Gasteiger partial charge < -0.3 is 10.2 Å². The van der Waals surface area contributed by atoms with Crippen LogP contribution in [0.3, 0.4) is 0 Å². The van der Waals surface area contributed by atoms with Crippen LogP contribution in [0, 0.1) is 23.0 Å². The minimum absolute atomic E-state index is 0.0528. The molecular formula is C19H25N5O2. The van der Waals surface area contributed by atoms with Gasteiger partial charge in [-0.3, -0.25) is 10.1 Å². The van der Waals surface area contributed by atoms with E-state index in [0.29, 0.717) is 11.7 Å². The summed E-state index contributed by atoms with van der Waals surface area (Å²) in [6.07, 6.45) is 5.91. The van der Waals surface area contributed by atoms with E-state index in [1.54, 1.807) is 0 Å². The molecule has 0 aliphatic carbocycles. The van der Waals surface area contributed by atoms with E-state index < -0.39 is 0 Å². The molecule has 0 unspecified atom stereocenters. The number of nitro groups is 1. The molecule has 0 amide bonds. The van der Waals surface area contributed by atoms with Crippen LogP contribution in [0.25, 0.3) is 0 Å². The standard InChI is InChI=1S/C19H25N5O2/c1-3-5-15-8-10-23(11-9-15)19-17(24(25)26)18(20-13-21-19)22-16-7-4-6-14(2)12-16/h4,6-7,12-13,15H,3,5,8-11H2,1-2H3,(H,20,21,22). The fraction of sp³-hybridized carbons (Fsp3) is 0.474. The van der Waals surface area contributed by atoms with Crippen molar-refractivity contribution in [3.05, 3.63) is 46.3 Å². The van der Waals surface area contributed by atoms with Gasteiger partial charge in [0.2, 0.25) is 11.6 Å². The molecule has 1 aromatic heterocycles. The van der Waals surface area contributed by atoms with E-state index in [1.165, 1.54) is 19.2 Å². The summed E-state index contributed by atoms with van der Waals surface area (Å²) in [4.78, 5) is 21.8. The minimum Gasteiger partial charge on any atom is -0.351 e. The van der Waals surface area contributed by atoms with Gasteiger partial charge in [0.05, 0.1) is 4.92 Å². The fourth-order valence-electron chi connectivity index (χ4n) is 3.56. The van der Waals surface area contributed by atoms with E-state index in [1.807, 2.05) is 36.1 Å². The molecule has 1 aromatic carbocycles. The Balaban J connectivity index is 1.86. The minimum atomic E-state index is -0.383. The van der Waals surface area contributed by atoms with Crippen LogP contribution in [0.4, 0.5) is 23.0 Å². The number of nitrogens with zero attached hydrogens (tertiary/aromatic N) is 4. The highest BCUT2D eigenvalue weighted by Crippen LogP contribution is 2.35. The lowest BCUT2D eigenvalue weighted by Crippen LogP contribution is -2.34. The van der Waals surface area contributed by atoms with Crippen molar-refractivity contribution in [1.82, 2.24) is 9.97 Å². The highest BCUT2D eigenvalue weighted by Gasteiger charge is 2.29. The molecule has 7 heteroatoms. The summed E-state index contributed by atoms with van der Waals surface area (Å²) in [7, 11) is 0. The zero-order chi connectivity index (χ0) is 18.5. The topological polar surface area (TPSA) is 84.2 Å². The molecule has 1 saturated heterocycles. The molecular weight excluding hydrogens is 330 g/mol. The molecule has 1 aliphatic rings. The van der Waals surface area contributed by atoms with Gasteiger partial charge in [0, 0.05) is 18.8 Å². The molecule has 0 spiro atoms. The normalized spacial score (nSPS) is 15.1. The molecule has 0 bridgehead atoms. The molecule has 1 N–H and O–H groups in total. The van der Waals surface area contributed by atoms with E-state index in [-0.39, 0.29) is 16.4 Å². The van der Waals surface area contributed by atoms with Crippen LogP contribution in [0.15, 0.2) is 30.6 Å². The van der Waals surface area contributed by atoms with E-state index in [0.717, 1.165) is 37.2 Å². The van der Waals surface area contributed by atoms with Crippen LogP contribution in [0.2, 0.25) is 0 Å². The molecule has 26 heavy (non-hydrogen) atoms. The number of aryl methyl sites for hydroxylation is 1. The Morgan fingerprint density at radius 3 is 2.73 bits per heavy atom. The van der Waals surface area contributed by atoms with Gasteiger partial charge in [-0.1, -0.05) is 31.9 Å². The molecule has 3 rings (SSSR count). The Morgan fingerprint density at radius 1 is 1.31 bits per heavy atom. The number of rotatable bonds is 6. The Bertz CT molecular complexity index is 772. The Kier molecular flexibility index (Phi) is 5.65. The summed E-state index contributed by atoms with van der Waals surface area (Å²) >= 11 is 0. The van der Waals surface area contributed by atoms with Crippen LogP contribution < -0.4 is 10.2 Å². The van der Waals surface area contributed by atoms with Crippen molar-refractivity contribution in [2.24, 2.45) is 5.92 Å². The predicted octanol–water partition coefficient (Wildman–Crippen LogP) is 4.45. The largest absolute Gasteiger partial charge is 0.353 e. The van der Waals surface area contributed by atoms with Crippen molar-refractivity contribution in [2.75, 3.05) is 23.3 Å². The lowest BCUT2D eigenvalue weighted by molar-refractivity contribution is -0.383. The molecule has 0 atom stereocenters. The summed E-state index contributed by atoms with van der Waals surface area (Å²) < 4.78 is 0. The van der Waals surface area contributed by atoms with Gasteiger partial charge in [0.1, 0.15) is 6.33 Å². The second-order valence-electron chi connectivity index (χ2n) is 6.87. The van der Waals surface area contributed by atoms with Gasteiger partial charge in [0.15, 0.2) is 0 Å². The van der Waals surface area contributed by atoms with E-state index in [2.05, 4.69) is 22.2 Å². The van der Waals surface area contributed by atoms with Gasteiger partial charge in [-0.25, -0.2) is 9.97 Å². The number of anilines is 3. The molecule has 1 fully saturated rings. The number of nitrogens with one attached hydrogen (secondary N) is 1. The van der Waals surface area contributed by atoms with Crippen LogP contribution in [0.1, 0.15) is 38.2 Å². The van der Waals surface area contributed by atoms with Crippen molar-refractivity contribution in [2.45, 2.75) is 39.5 Å². The summed E-state index contributed by atoms with van der Waals surface area (Å²) in [6, 6.07) is 7.69. The predicted molar refractivity (Wildman–Crippen MR) is 103 cm³/mol. The highest BCUT2D eigenvalue weighted by molar-refractivity contribution is 5.74. The molecule has 2 aromatic rings. The Labute approximate surface area is 153 Å². The highest BCUT2D eigenvalue weighted by atomic mass is 16.6. The first-order chi connectivity index (χ1) is 12.6. The molecule has 7 nitrogen and oxygen atoms in total. The summed E-state index contributed by atoms with van der Waals surface area (Å²) in [5, 5.41) is 14.9. The van der Waals surface area contributed by atoms with E-state index >= 15 is 0 Å². The maximum absolute atomic E-state index is 11.8. The van der Waals surface area contributed by atoms with Crippen molar-refractivity contribution in [1.29, 1.82) is 0 Å². The third-order valence-corrected chi connectivity index (χ3v) is 4.88. The molecule has 138 valence electrons. The zero-order valence-electron chi connectivity index (χ0n) is 15.3. The van der Waals surface area contributed by atoms with Gasteiger partial charge >= 0.3 is 5.69 Å². The van der Waals surface area contributed by atoms with E-state index in [4.69, 9.17) is 0 Å². The average molecular weight is 355 g/mol. The number of hydrogen-bond acceptors (Lipinski definition) is 6. The Morgan fingerprint density at radius 2 is 2.08 bits per heavy atom. The van der Waals surface area contributed by atoms with Crippen molar-refractivity contribution in [3.63, 3.8) is 0 Å². The first-order valence-electron chi connectivity index (χ1n) is 9.16. The third-order valence-electron chi connectivity index (χ3n) is 4.88. The van der Waals surface area contributed by atoms with Crippen LogP contribution in [-0.4, -0.2) is 28.0 Å². The first kappa shape index (κ1) is 18.1. The fourth-order valence-corrected chi connectivity index (χ4v) is 3.56. The second kappa shape index (κ2) is 8.12. The SMILES string of the molecule is CCCC1CCN(c2ncnc(Nc3cccc(C)c3)c2[N+](=O)[O-])CC1. The quantitative estimate of drug-likeness (QED) is 0.608. The second-order valence-corrected chi connectivity index (χ2v) is 6.87. The molecule has 1 aliphatic heterocycles. The van der Waals surface area contributed by atoms with Gasteiger partial charge in [-0.2, -0.15) is 0 Å². The number of benzene rings is 1. The lowest BCUT2D eigenvalue weighted by Gasteiger charge is -2.32. The molecule has 0 saturated carbocycles. The van der Waals surface area contributed by atoms with Crippen LogP contribution >= 0.6 is 0 Å². The lowest BCUT2D eigenvalue weighted by atomic mass is 9.92. The van der Waals surface area contributed by atoms with Crippen LogP contribution in [0.5, 0.6) is 0 Å². The van der Waals surface area contributed by atoms with Crippen molar-refractivity contribution < 1.29 is 4.92 Å². The first-order valence-corrected chi connectivity index (χ1v) is 9.16. The third kappa shape index (κ3) is 4.09. The number of hydrogen-bond donors (Lipinski definition) is 1. The van der Waals surface area contributed by atoms with Crippen molar-refractivity contribution in [3.8, 4) is 0 Å². The van der Waals surface area contributed by atoms with E-state index in [9.17, 15) is 10.1 Å². The summed E-state index contributed by atoms with van der Waals surface area (Å²) in [5.41, 5.74) is 1.80. The number of aromatic nitrogens is 2. The summed E-state index contributed by atoms with van der Waals surface area (Å²) in [5.74, 6) is 1.36. The Hall–Kier alpha value is -2.70. The average Bonchev–Trinajstić information content (AvgIpc) is 2.62. The van der Waals surface area contributed by atoms with Gasteiger partial charge in [-0.05, 0) is 43.4 Å². The maximum atomic E-state index is 11.8. The van der Waals surface area contributed by atoms with Gasteiger partial charge in [0.25, 0.3) is 0 Å². The zero-order valence-corrected chi connectivity index (χ0v) is 15.3.